The lowest BCUT2D eigenvalue weighted by atomic mass is 10.3. The highest BCUT2D eigenvalue weighted by Gasteiger charge is 2.06. The van der Waals surface area contributed by atoms with E-state index in [-0.39, 0.29) is 5.75 Å². The summed E-state index contributed by atoms with van der Waals surface area (Å²) in [6.45, 7) is 0. The summed E-state index contributed by atoms with van der Waals surface area (Å²) in [5.41, 5.74) is 1.55. The highest BCUT2D eigenvalue weighted by Crippen LogP contribution is 2.21. The molecule has 0 fully saturated rings. The number of rotatable bonds is 1. The van der Waals surface area contributed by atoms with Crippen LogP contribution in [0.5, 0.6) is 5.75 Å². The number of nitrogens with zero attached hydrogens (tertiary/aromatic N) is 3. The van der Waals surface area contributed by atoms with Crippen LogP contribution in [0, 0.1) is 0 Å². The zero-order valence-corrected chi connectivity index (χ0v) is 10.3. The van der Waals surface area contributed by atoms with Gasteiger partial charge in [-0.25, -0.2) is 9.67 Å². The summed E-state index contributed by atoms with van der Waals surface area (Å²) in [7, 11) is 0. The molecule has 84 valence electrons. The number of phenols is 1. The summed E-state index contributed by atoms with van der Waals surface area (Å²) < 4.78 is 2.61. The summed E-state index contributed by atoms with van der Waals surface area (Å²) in [4.78, 5) is 4.32. The van der Waals surface area contributed by atoms with E-state index in [1.165, 1.54) is 0 Å². The highest BCUT2D eigenvalue weighted by atomic mass is 79.9. The van der Waals surface area contributed by atoms with Gasteiger partial charge in [0.2, 0.25) is 0 Å². The van der Waals surface area contributed by atoms with Crippen LogP contribution in [0.4, 0.5) is 0 Å². The predicted octanol–water partition coefficient (Wildman–Crippen LogP) is 2.89. The Morgan fingerprint density at radius 1 is 1.18 bits per heavy atom. The van der Waals surface area contributed by atoms with E-state index in [1.807, 2.05) is 12.1 Å². The first-order chi connectivity index (χ1) is 8.24. The minimum Gasteiger partial charge on any atom is -0.508 e. The molecule has 3 rings (SSSR count). The Labute approximate surface area is 106 Å². The smallest absolute Gasteiger partial charge is 0.162 e. The van der Waals surface area contributed by atoms with Gasteiger partial charge in [-0.15, -0.1) is 0 Å². The molecule has 3 aromatic rings. The van der Waals surface area contributed by atoms with Crippen LogP contribution in [0.15, 0.2) is 47.2 Å². The van der Waals surface area contributed by atoms with Crippen molar-refractivity contribution in [2.45, 2.75) is 0 Å². The van der Waals surface area contributed by atoms with Crippen molar-refractivity contribution in [2.24, 2.45) is 0 Å². The molecule has 0 aliphatic heterocycles. The topological polar surface area (TPSA) is 50.9 Å². The van der Waals surface area contributed by atoms with E-state index >= 15 is 0 Å². The third-order valence-corrected chi connectivity index (χ3v) is 2.88. The molecular formula is C12H8BrN3O. The van der Waals surface area contributed by atoms with Crippen molar-refractivity contribution in [1.29, 1.82) is 0 Å². The first kappa shape index (κ1) is 10.3. The molecule has 17 heavy (non-hydrogen) atoms. The van der Waals surface area contributed by atoms with Gasteiger partial charge >= 0.3 is 0 Å². The maximum absolute atomic E-state index is 9.46. The number of aromatic hydroxyl groups is 1. The van der Waals surface area contributed by atoms with Gasteiger partial charge in [0.25, 0.3) is 0 Å². The van der Waals surface area contributed by atoms with Gasteiger partial charge in [-0.1, -0.05) is 6.07 Å². The number of pyridine rings is 1. The molecule has 0 bridgehead atoms. The molecule has 0 saturated heterocycles. The Balaban J connectivity index is 2.24. The fourth-order valence-corrected chi connectivity index (χ4v) is 2.06. The summed E-state index contributed by atoms with van der Waals surface area (Å²) in [6, 6.07) is 8.87. The SMILES string of the molecule is Oc1cccc(-n2ncc3cc(Br)cnc32)c1. The molecule has 0 aliphatic rings. The third-order valence-electron chi connectivity index (χ3n) is 2.45. The lowest BCUT2D eigenvalue weighted by Gasteiger charge is -2.03. The van der Waals surface area contributed by atoms with Crippen molar-refractivity contribution in [3.8, 4) is 11.4 Å². The van der Waals surface area contributed by atoms with Crippen LogP contribution in [-0.2, 0) is 0 Å². The van der Waals surface area contributed by atoms with Crippen LogP contribution in [0.3, 0.4) is 0 Å². The summed E-state index contributed by atoms with van der Waals surface area (Å²) >= 11 is 3.37. The molecule has 0 spiro atoms. The summed E-state index contributed by atoms with van der Waals surface area (Å²) in [5.74, 6) is 0.211. The molecule has 0 radical (unpaired) electrons. The molecule has 0 unspecified atom stereocenters. The van der Waals surface area contributed by atoms with Gasteiger partial charge in [-0.05, 0) is 34.1 Å². The van der Waals surface area contributed by atoms with E-state index in [9.17, 15) is 5.11 Å². The molecule has 0 amide bonds. The Morgan fingerprint density at radius 3 is 2.88 bits per heavy atom. The van der Waals surface area contributed by atoms with Crippen LogP contribution in [0.25, 0.3) is 16.7 Å². The number of phenolic OH excluding ortho intramolecular Hbond substituents is 1. The van der Waals surface area contributed by atoms with Crippen LogP contribution >= 0.6 is 15.9 Å². The zero-order chi connectivity index (χ0) is 11.8. The first-order valence-corrected chi connectivity index (χ1v) is 5.82. The Hall–Kier alpha value is -1.88. The van der Waals surface area contributed by atoms with Crippen LogP contribution in [0.1, 0.15) is 0 Å². The number of hydrogen-bond acceptors (Lipinski definition) is 3. The molecule has 4 nitrogen and oxygen atoms in total. The van der Waals surface area contributed by atoms with Crippen molar-refractivity contribution >= 4 is 27.0 Å². The quantitative estimate of drug-likeness (QED) is 0.749. The largest absolute Gasteiger partial charge is 0.508 e. The van der Waals surface area contributed by atoms with Gasteiger partial charge < -0.3 is 5.11 Å². The van der Waals surface area contributed by atoms with Gasteiger partial charge in [0.05, 0.1) is 11.9 Å². The maximum Gasteiger partial charge on any atom is 0.162 e. The molecule has 0 atom stereocenters. The number of fused-ring (bicyclic) bond motifs is 1. The van der Waals surface area contributed by atoms with Gasteiger partial charge in [0, 0.05) is 22.1 Å². The minimum atomic E-state index is 0.211. The second-order valence-corrected chi connectivity index (χ2v) is 4.56. The fourth-order valence-electron chi connectivity index (χ4n) is 1.71. The van der Waals surface area contributed by atoms with Crippen LogP contribution in [0.2, 0.25) is 0 Å². The summed E-state index contributed by atoms with van der Waals surface area (Å²) in [5, 5.41) is 14.7. The lowest BCUT2D eigenvalue weighted by molar-refractivity contribution is 0.475. The number of halogens is 1. The molecule has 2 heterocycles. The average Bonchev–Trinajstić information content (AvgIpc) is 2.71. The Bertz CT molecular complexity index is 693. The minimum absolute atomic E-state index is 0.211. The first-order valence-electron chi connectivity index (χ1n) is 5.03. The van der Waals surface area contributed by atoms with Gasteiger partial charge in [0.15, 0.2) is 5.65 Å². The standard InChI is InChI=1S/C12H8BrN3O/c13-9-4-8-6-15-16(12(8)14-7-9)10-2-1-3-11(17)5-10/h1-7,17H. The second-order valence-electron chi connectivity index (χ2n) is 3.64. The molecule has 0 saturated carbocycles. The molecule has 5 heteroatoms. The molecule has 0 aliphatic carbocycles. The van der Waals surface area contributed by atoms with Crippen molar-refractivity contribution in [3.05, 3.63) is 47.2 Å². The highest BCUT2D eigenvalue weighted by molar-refractivity contribution is 9.10. The van der Waals surface area contributed by atoms with E-state index in [0.29, 0.717) is 0 Å². The zero-order valence-electron chi connectivity index (χ0n) is 8.71. The Morgan fingerprint density at radius 2 is 2.06 bits per heavy atom. The van der Waals surface area contributed by atoms with E-state index in [2.05, 4.69) is 26.0 Å². The van der Waals surface area contributed by atoms with Crippen molar-refractivity contribution < 1.29 is 5.11 Å². The maximum atomic E-state index is 9.46. The van der Waals surface area contributed by atoms with Gasteiger partial charge in [-0.2, -0.15) is 5.10 Å². The number of hydrogen-bond donors (Lipinski definition) is 1. The van der Waals surface area contributed by atoms with Crippen LogP contribution in [-0.4, -0.2) is 19.9 Å². The average molecular weight is 290 g/mol. The van der Waals surface area contributed by atoms with Crippen molar-refractivity contribution in [3.63, 3.8) is 0 Å². The number of aromatic nitrogens is 3. The normalized spacial score (nSPS) is 10.9. The van der Waals surface area contributed by atoms with E-state index in [4.69, 9.17) is 0 Å². The molecule has 2 aromatic heterocycles. The van der Waals surface area contributed by atoms with Gasteiger partial charge in [-0.3, -0.25) is 0 Å². The molecule has 1 N–H and O–H groups in total. The molecule has 1 aromatic carbocycles. The second kappa shape index (κ2) is 3.85. The molecular weight excluding hydrogens is 282 g/mol. The van der Waals surface area contributed by atoms with Gasteiger partial charge in [0.1, 0.15) is 5.75 Å². The van der Waals surface area contributed by atoms with E-state index in [0.717, 1.165) is 21.2 Å². The lowest BCUT2D eigenvalue weighted by Crippen LogP contribution is -1.96. The van der Waals surface area contributed by atoms with E-state index < -0.39 is 0 Å². The van der Waals surface area contributed by atoms with Crippen molar-refractivity contribution in [1.82, 2.24) is 14.8 Å². The summed E-state index contributed by atoms with van der Waals surface area (Å²) in [6.07, 6.45) is 3.47. The third kappa shape index (κ3) is 1.78. The fraction of sp³-hybridized carbons (Fsp3) is 0. The monoisotopic (exact) mass is 289 g/mol. The Kier molecular flexibility index (Phi) is 2.33. The number of benzene rings is 1. The van der Waals surface area contributed by atoms with Crippen molar-refractivity contribution in [2.75, 3.05) is 0 Å². The van der Waals surface area contributed by atoms with E-state index in [1.54, 1.807) is 35.3 Å². The van der Waals surface area contributed by atoms with Crippen LogP contribution < -0.4 is 0 Å². The predicted molar refractivity (Wildman–Crippen MR) is 68.2 cm³/mol.